The fourth-order valence-electron chi connectivity index (χ4n) is 3.55. The fraction of sp³-hybridized carbons (Fsp3) is 0.0769. The number of benzene rings is 2. The molecule has 0 saturated carbocycles. The lowest BCUT2D eigenvalue weighted by molar-refractivity contribution is 0.0958. The van der Waals surface area contributed by atoms with Gasteiger partial charge in [0, 0.05) is 37.3 Å². The standard InChI is InChI=1S/C26H20ClFN6O4/c1-29-25(36)21-13-16(8-10-30-21)37-15-5-7-22-20(12-15)34-26(38-22)32-14-4-6-18(27)19(11-14)33-24(35)17-3-2-9-31-23(17)28/h2-13,24,33,35H,1H3,(H,29,36)(H,32,34). The van der Waals surface area contributed by atoms with Gasteiger partial charge in [-0.2, -0.15) is 9.37 Å². The van der Waals surface area contributed by atoms with Crippen molar-refractivity contribution < 1.29 is 23.4 Å². The Balaban J connectivity index is 1.32. The highest BCUT2D eigenvalue weighted by molar-refractivity contribution is 6.33. The largest absolute Gasteiger partial charge is 0.457 e. The highest BCUT2D eigenvalue weighted by Crippen LogP contribution is 2.32. The average molecular weight is 535 g/mol. The first-order chi connectivity index (χ1) is 18.4. The van der Waals surface area contributed by atoms with Crippen LogP contribution in [0.4, 0.5) is 21.8 Å². The van der Waals surface area contributed by atoms with E-state index in [4.69, 9.17) is 20.8 Å². The van der Waals surface area contributed by atoms with Crippen molar-refractivity contribution in [1.29, 1.82) is 0 Å². The molecule has 0 saturated heterocycles. The molecule has 4 N–H and O–H groups in total. The van der Waals surface area contributed by atoms with E-state index in [0.29, 0.717) is 39.0 Å². The summed E-state index contributed by atoms with van der Waals surface area (Å²) >= 11 is 6.26. The maximum absolute atomic E-state index is 13.9. The Kier molecular flexibility index (Phi) is 7.03. The summed E-state index contributed by atoms with van der Waals surface area (Å²) in [7, 11) is 1.52. The number of halogens is 2. The number of ether oxygens (including phenoxy) is 1. The number of nitrogens with zero attached hydrogens (tertiary/aromatic N) is 3. The van der Waals surface area contributed by atoms with Crippen molar-refractivity contribution in [2.45, 2.75) is 6.23 Å². The molecular weight excluding hydrogens is 515 g/mol. The van der Waals surface area contributed by atoms with Gasteiger partial charge in [0.2, 0.25) is 5.95 Å². The number of carbonyl (C=O) groups excluding carboxylic acids is 1. The van der Waals surface area contributed by atoms with E-state index in [1.807, 2.05) is 0 Å². The van der Waals surface area contributed by atoms with Gasteiger partial charge in [-0.05, 0) is 48.5 Å². The molecule has 0 fully saturated rings. The molecule has 12 heteroatoms. The Bertz CT molecular complexity index is 1630. The summed E-state index contributed by atoms with van der Waals surface area (Å²) in [6.07, 6.45) is 1.41. The highest BCUT2D eigenvalue weighted by Gasteiger charge is 2.16. The summed E-state index contributed by atoms with van der Waals surface area (Å²) in [6, 6.07) is 16.3. The Hall–Kier alpha value is -4.74. The van der Waals surface area contributed by atoms with E-state index < -0.39 is 12.2 Å². The molecule has 0 bridgehead atoms. The number of hydrogen-bond acceptors (Lipinski definition) is 9. The molecule has 5 rings (SSSR count). The van der Waals surface area contributed by atoms with Crippen molar-refractivity contribution in [3.8, 4) is 11.5 Å². The minimum Gasteiger partial charge on any atom is -0.457 e. The number of anilines is 3. The molecule has 1 atom stereocenters. The molecule has 10 nitrogen and oxygen atoms in total. The second-order valence-electron chi connectivity index (χ2n) is 7.96. The number of aromatic nitrogens is 3. The predicted octanol–water partition coefficient (Wildman–Crippen LogP) is 5.41. The molecule has 38 heavy (non-hydrogen) atoms. The lowest BCUT2D eigenvalue weighted by atomic mass is 10.2. The third-order valence-corrected chi connectivity index (χ3v) is 5.71. The summed E-state index contributed by atoms with van der Waals surface area (Å²) in [5.41, 5.74) is 2.16. The molecule has 0 aliphatic rings. The van der Waals surface area contributed by atoms with Gasteiger partial charge in [0.1, 0.15) is 22.7 Å². The number of oxazole rings is 1. The number of carbonyl (C=O) groups is 1. The lowest BCUT2D eigenvalue weighted by Crippen LogP contribution is -2.18. The number of hydrogen-bond donors (Lipinski definition) is 4. The van der Waals surface area contributed by atoms with E-state index in [1.165, 1.54) is 37.6 Å². The van der Waals surface area contributed by atoms with Crippen LogP contribution in [-0.4, -0.2) is 33.0 Å². The van der Waals surface area contributed by atoms with E-state index >= 15 is 0 Å². The lowest BCUT2D eigenvalue weighted by Gasteiger charge is -2.16. The molecule has 1 unspecified atom stereocenters. The zero-order valence-electron chi connectivity index (χ0n) is 19.8. The van der Waals surface area contributed by atoms with Crippen LogP contribution < -0.4 is 20.7 Å². The Morgan fingerprint density at radius 2 is 1.92 bits per heavy atom. The smallest absolute Gasteiger partial charge is 0.300 e. The second-order valence-corrected chi connectivity index (χ2v) is 8.36. The molecular formula is C26H20ClFN6O4. The van der Waals surface area contributed by atoms with Gasteiger partial charge in [-0.3, -0.25) is 9.78 Å². The summed E-state index contributed by atoms with van der Waals surface area (Å²) in [5, 5.41) is 19.1. The highest BCUT2D eigenvalue weighted by atomic mass is 35.5. The van der Waals surface area contributed by atoms with Gasteiger partial charge >= 0.3 is 0 Å². The Morgan fingerprint density at radius 1 is 1.08 bits per heavy atom. The number of rotatable bonds is 8. The van der Waals surface area contributed by atoms with Crippen molar-refractivity contribution in [1.82, 2.24) is 20.3 Å². The summed E-state index contributed by atoms with van der Waals surface area (Å²) in [6.45, 7) is 0. The van der Waals surface area contributed by atoms with Crippen molar-refractivity contribution >= 4 is 46.0 Å². The fourth-order valence-corrected chi connectivity index (χ4v) is 3.72. The molecule has 0 radical (unpaired) electrons. The van der Waals surface area contributed by atoms with E-state index in [-0.39, 0.29) is 23.2 Å². The SMILES string of the molecule is CNC(=O)c1cc(Oc2ccc3oc(Nc4ccc(Cl)c(NC(O)c5cccnc5F)c4)nc3c2)ccn1. The van der Waals surface area contributed by atoms with Crippen LogP contribution in [-0.2, 0) is 0 Å². The van der Waals surface area contributed by atoms with Crippen LogP contribution in [0.25, 0.3) is 11.1 Å². The molecule has 3 heterocycles. The van der Waals surface area contributed by atoms with Gasteiger partial charge in [0.25, 0.3) is 11.9 Å². The van der Waals surface area contributed by atoms with Crippen LogP contribution in [0.5, 0.6) is 11.5 Å². The molecule has 1 amide bonds. The molecule has 0 aliphatic carbocycles. The van der Waals surface area contributed by atoms with E-state index in [0.717, 1.165) is 0 Å². The van der Waals surface area contributed by atoms with Gasteiger partial charge in [0.15, 0.2) is 11.8 Å². The Morgan fingerprint density at radius 3 is 2.74 bits per heavy atom. The Labute approximate surface area is 220 Å². The van der Waals surface area contributed by atoms with Crippen LogP contribution in [0.3, 0.4) is 0 Å². The number of amides is 1. The van der Waals surface area contributed by atoms with Crippen LogP contribution in [0.15, 0.2) is 77.5 Å². The number of nitrogens with one attached hydrogen (secondary N) is 3. The zero-order chi connectivity index (χ0) is 26.6. The molecule has 0 aliphatic heterocycles. The molecule has 5 aromatic rings. The maximum Gasteiger partial charge on any atom is 0.300 e. The number of aliphatic hydroxyl groups excluding tert-OH is 1. The topological polar surface area (TPSA) is 134 Å². The monoisotopic (exact) mass is 534 g/mol. The van der Waals surface area contributed by atoms with Crippen LogP contribution in [0, 0.1) is 5.95 Å². The third-order valence-electron chi connectivity index (χ3n) is 5.38. The zero-order valence-corrected chi connectivity index (χ0v) is 20.5. The van der Waals surface area contributed by atoms with Gasteiger partial charge in [-0.1, -0.05) is 11.6 Å². The van der Waals surface area contributed by atoms with Gasteiger partial charge in [0.05, 0.1) is 16.3 Å². The molecule has 3 aromatic heterocycles. The van der Waals surface area contributed by atoms with E-state index in [1.54, 1.807) is 42.5 Å². The third kappa shape index (κ3) is 5.48. The van der Waals surface area contributed by atoms with Gasteiger partial charge in [-0.15, -0.1) is 0 Å². The van der Waals surface area contributed by atoms with Crippen LogP contribution in [0.2, 0.25) is 5.02 Å². The second kappa shape index (κ2) is 10.7. The van der Waals surface area contributed by atoms with Crippen molar-refractivity contribution in [3.05, 3.63) is 95.3 Å². The number of aliphatic hydroxyl groups is 1. The van der Waals surface area contributed by atoms with Crippen LogP contribution >= 0.6 is 11.6 Å². The van der Waals surface area contributed by atoms with E-state index in [2.05, 4.69) is 30.9 Å². The molecule has 192 valence electrons. The normalized spacial score (nSPS) is 11.7. The predicted molar refractivity (Wildman–Crippen MR) is 139 cm³/mol. The number of fused-ring (bicyclic) bond motifs is 1. The quantitative estimate of drug-likeness (QED) is 0.152. The minimum absolute atomic E-state index is 0.0180. The van der Waals surface area contributed by atoms with Crippen LogP contribution in [0.1, 0.15) is 22.3 Å². The first kappa shape index (κ1) is 24.9. The van der Waals surface area contributed by atoms with Gasteiger partial charge < -0.3 is 30.2 Å². The summed E-state index contributed by atoms with van der Waals surface area (Å²) in [4.78, 5) is 23.8. The van der Waals surface area contributed by atoms with Gasteiger partial charge in [-0.25, -0.2) is 4.98 Å². The van der Waals surface area contributed by atoms with Crippen molar-refractivity contribution in [3.63, 3.8) is 0 Å². The first-order valence-corrected chi connectivity index (χ1v) is 11.7. The molecule has 2 aromatic carbocycles. The summed E-state index contributed by atoms with van der Waals surface area (Å²) in [5.74, 6) is -0.184. The summed E-state index contributed by atoms with van der Waals surface area (Å²) < 4.78 is 25.6. The van der Waals surface area contributed by atoms with E-state index in [9.17, 15) is 14.3 Å². The number of pyridine rings is 2. The minimum atomic E-state index is -1.37. The maximum atomic E-state index is 13.9. The van der Waals surface area contributed by atoms with Crippen molar-refractivity contribution in [2.75, 3.05) is 17.7 Å². The van der Waals surface area contributed by atoms with Crippen molar-refractivity contribution in [2.24, 2.45) is 0 Å². The average Bonchev–Trinajstić information content (AvgIpc) is 3.32. The first-order valence-electron chi connectivity index (χ1n) is 11.3. The molecule has 0 spiro atoms.